The van der Waals surface area contributed by atoms with E-state index < -0.39 is 0 Å². The first-order chi connectivity index (χ1) is 8.70. The summed E-state index contributed by atoms with van der Waals surface area (Å²) in [6.45, 7) is -0.200. The second-order valence-electron chi connectivity index (χ2n) is 3.28. The molecule has 0 aliphatic carbocycles. The smallest absolute Gasteiger partial charge is 0.275 e. The Kier molecular flexibility index (Phi) is 3.72. The lowest BCUT2D eigenvalue weighted by Gasteiger charge is -2.00. The third-order valence-corrected chi connectivity index (χ3v) is 2.90. The van der Waals surface area contributed by atoms with Gasteiger partial charge in [0.1, 0.15) is 12.3 Å². The fourth-order valence-electron chi connectivity index (χ4n) is 1.27. The lowest BCUT2D eigenvalue weighted by atomic mass is 10.4. The summed E-state index contributed by atoms with van der Waals surface area (Å²) in [5, 5.41) is 15.6. The number of aliphatic hydroxyl groups is 1. The molecule has 0 fully saturated rings. The van der Waals surface area contributed by atoms with Gasteiger partial charge in [0, 0.05) is 13.2 Å². The van der Waals surface area contributed by atoms with E-state index in [1.165, 1.54) is 16.0 Å². The van der Waals surface area contributed by atoms with Crippen molar-refractivity contribution in [2.45, 2.75) is 0 Å². The van der Waals surface area contributed by atoms with Gasteiger partial charge in [-0.3, -0.25) is 14.8 Å². The van der Waals surface area contributed by atoms with Gasteiger partial charge in [0.2, 0.25) is 0 Å². The van der Waals surface area contributed by atoms with Crippen molar-refractivity contribution < 1.29 is 9.90 Å². The van der Waals surface area contributed by atoms with E-state index in [0.717, 1.165) is 0 Å². The molecule has 0 aromatic carbocycles. The highest BCUT2D eigenvalue weighted by atomic mass is 32.1. The van der Waals surface area contributed by atoms with Gasteiger partial charge in [0.15, 0.2) is 5.13 Å². The zero-order valence-corrected chi connectivity index (χ0v) is 10.4. The fourth-order valence-corrected chi connectivity index (χ4v) is 1.96. The van der Waals surface area contributed by atoms with Crippen LogP contribution in [0.4, 0.5) is 5.13 Å². The molecule has 0 saturated carbocycles. The van der Waals surface area contributed by atoms with Crippen LogP contribution in [0.3, 0.4) is 0 Å². The van der Waals surface area contributed by atoms with Crippen LogP contribution >= 0.6 is 11.3 Å². The van der Waals surface area contributed by atoms with Gasteiger partial charge in [0.05, 0.1) is 11.1 Å². The zero-order chi connectivity index (χ0) is 13.0. The molecule has 2 aromatic rings. The lowest BCUT2D eigenvalue weighted by molar-refractivity contribution is 0.101. The summed E-state index contributed by atoms with van der Waals surface area (Å²) >= 11 is 1.25. The molecule has 0 atom stereocenters. The zero-order valence-electron chi connectivity index (χ0n) is 9.54. The number of carbonyl (C=O) groups excluding carboxylic acids is 1. The van der Waals surface area contributed by atoms with Crippen molar-refractivity contribution in [3.05, 3.63) is 29.0 Å². The molecular formula is C11H10N4O2S. The molecule has 92 valence electrons. The van der Waals surface area contributed by atoms with Gasteiger partial charge in [-0.1, -0.05) is 23.2 Å². The second kappa shape index (κ2) is 5.44. The van der Waals surface area contributed by atoms with Crippen molar-refractivity contribution in [3.63, 3.8) is 0 Å². The molecule has 2 rings (SSSR count). The molecule has 0 saturated heterocycles. The van der Waals surface area contributed by atoms with E-state index in [-0.39, 0.29) is 12.5 Å². The minimum absolute atomic E-state index is 0.200. The largest absolute Gasteiger partial charge is 0.384 e. The topological polar surface area (TPSA) is 80.0 Å². The molecule has 1 amide bonds. The van der Waals surface area contributed by atoms with Crippen LogP contribution in [0.25, 0.3) is 0 Å². The molecule has 2 heterocycles. The third kappa shape index (κ3) is 2.74. The normalized spacial score (nSPS) is 9.67. The maximum atomic E-state index is 11.8. The van der Waals surface area contributed by atoms with Crippen LogP contribution in [0, 0.1) is 11.8 Å². The Bertz CT molecular complexity index is 620. The van der Waals surface area contributed by atoms with Gasteiger partial charge in [-0.15, -0.1) is 0 Å². The molecule has 0 spiro atoms. The van der Waals surface area contributed by atoms with Gasteiger partial charge in [-0.2, -0.15) is 5.10 Å². The highest BCUT2D eigenvalue weighted by molar-refractivity contribution is 7.16. The summed E-state index contributed by atoms with van der Waals surface area (Å²) in [4.78, 5) is 16.5. The average molecular weight is 262 g/mol. The second-order valence-corrected chi connectivity index (χ2v) is 4.31. The molecule has 18 heavy (non-hydrogen) atoms. The standard InChI is InChI=1S/C11H10N4O2S/c1-15-9(4-5-13-15)10(17)14-11-12-7-8(18-11)3-2-6-16/h4-5,7,16H,6H2,1H3,(H,12,14,17). The van der Waals surface area contributed by atoms with Crippen LogP contribution in [0.1, 0.15) is 15.4 Å². The molecule has 2 N–H and O–H groups in total. The number of nitrogens with one attached hydrogen (secondary N) is 1. The number of hydrogen-bond acceptors (Lipinski definition) is 5. The summed E-state index contributed by atoms with van der Waals surface area (Å²) in [5.41, 5.74) is 0.452. The first kappa shape index (κ1) is 12.3. The molecule has 0 aliphatic heterocycles. The van der Waals surface area contributed by atoms with Crippen molar-refractivity contribution in [1.29, 1.82) is 0 Å². The minimum atomic E-state index is -0.272. The maximum Gasteiger partial charge on any atom is 0.275 e. The van der Waals surface area contributed by atoms with E-state index in [2.05, 4.69) is 27.2 Å². The first-order valence-electron chi connectivity index (χ1n) is 5.05. The van der Waals surface area contributed by atoms with E-state index in [9.17, 15) is 4.79 Å². The summed E-state index contributed by atoms with van der Waals surface area (Å²) in [6.07, 6.45) is 3.10. The Morgan fingerprint density at radius 2 is 2.50 bits per heavy atom. The fraction of sp³-hybridized carbons (Fsp3) is 0.182. The summed E-state index contributed by atoms with van der Waals surface area (Å²) < 4.78 is 1.48. The number of aryl methyl sites for hydroxylation is 1. The molecule has 7 heteroatoms. The third-order valence-electron chi connectivity index (χ3n) is 2.07. The number of aromatic nitrogens is 3. The van der Waals surface area contributed by atoms with Crippen molar-refractivity contribution in [2.24, 2.45) is 7.05 Å². The van der Waals surface area contributed by atoms with Crippen molar-refractivity contribution in [2.75, 3.05) is 11.9 Å². The Balaban J connectivity index is 2.08. The predicted molar refractivity (Wildman–Crippen MR) is 67.2 cm³/mol. The summed E-state index contributed by atoms with van der Waals surface area (Å²) in [7, 11) is 1.69. The average Bonchev–Trinajstić information content (AvgIpc) is 2.95. The number of hydrogen-bond donors (Lipinski definition) is 2. The molecule has 2 aromatic heterocycles. The number of anilines is 1. The van der Waals surface area contributed by atoms with Crippen molar-refractivity contribution in [1.82, 2.24) is 14.8 Å². The van der Waals surface area contributed by atoms with E-state index in [1.807, 2.05) is 0 Å². The number of thiazole rings is 1. The molecule has 0 unspecified atom stereocenters. The quantitative estimate of drug-likeness (QED) is 0.771. The van der Waals surface area contributed by atoms with Gasteiger partial charge < -0.3 is 5.11 Å². The Morgan fingerprint density at radius 3 is 3.17 bits per heavy atom. The van der Waals surface area contributed by atoms with Gasteiger partial charge in [-0.05, 0) is 6.07 Å². The van der Waals surface area contributed by atoms with Gasteiger partial charge >= 0.3 is 0 Å². The van der Waals surface area contributed by atoms with Gasteiger partial charge in [-0.25, -0.2) is 4.98 Å². The minimum Gasteiger partial charge on any atom is -0.384 e. The van der Waals surface area contributed by atoms with E-state index in [0.29, 0.717) is 15.7 Å². The van der Waals surface area contributed by atoms with Gasteiger partial charge in [0.25, 0.3) is 5.91 Å². The summed E-state index contributed by atoms with van der Waals surface area (Å²) in [6, 6.07) is 1.62. The van der Waals surface area contributed by atoms with E-state index >= 15 is 0 Å². The molecule has 0 aliphatic rings. The first-order valence-corrected chi connectivity index (χ1v) is 5.87. The lowest BCUT2D eigenvalue weighted by Crippen LogP contribution is -2.15. The molecular weight excluding hydrogens is 252 g/mol. The number of amides is 1. The Morgan fingerprint density at radius 1 is 1.67 bits per heavy atom. The Hall–Kier alpha value is -2.17. The maximum absolute atomic E-state index is 11.8. The monoisotopic (exact) mass is 262 g/mol. The van der Waals surface area contributed by atoms with E-state index in [4.69, 9.17) is 5.11 Å². The van der Waals surface area contributed by atoms with Crippen LogP contribution in [-0.2, 0) is 7.05 Å². The molecule has 0 radical (unpaired) electrons. The molecule has 6 nitrogen and oxygen atoms in total. The molecule has 0 bridgehead atoms. The van der Waals surface area contributed by atoms with Crippen molar-refractivity contribution in [3.8, 4) is 11.8 Å². The highest BCUT2D eigenvalue weighted by Crippen LogP contribution is 2.17. The summed E-state index contributed by atoms with van der Waals surface area (Å²) in [5.74, 6) is 4.97. The Labute approximate surface area is 107 Å². The SMILES string of the molecule is Cn1nccc1C(=O)Nc1ncc(C#CCO)s1. The number of aliphatic hydroxyl groups excluding tert-OH is 1. The number of carbonyl (C=O) groups is 1. The van der Waals surface area contributed by atoms with Crippen LogP contribution in [-0.4, -0.2) is 32.4 Å². The number of rotatable bonds is 2. The van der Waals surface area contributed by atoms with Crippen LogP contribution in [0.2, 0.25) is 0 Å². The predicted octanol–water partition coefficient (Wildman–Crippen LogP) is 0.473. The van der Waals surface area contributed by atoms with Crippen LogP contribution in [0.5, 0.6) is 0 Å². The van der Waals surface area contributed by atoms with Crippen molar-refractivity contribution >= 4 is 22.4 Å². The van der Waals surface area contributed by atoms with E-state index in [1.54, 1.807) is 25.5 Å². The highest BCUT2D eigenvalue weighted by Gasteiger charge is 2.11. The number of nitrogens with zero attached hydrogens (tertiary/aromatic N) is 3. The van der Waals surface area contributed by atoms with Crippen LogP contribution < -0.4 is 5.32 Å². The van der Waals surface area contributed by atoms with Crippen LogP contribution in [0.15, 0.2) is 18.5 Å².